The van der Waals surface area contributed by atoms with Gasteiger partial charge >= 0.3 is 5.97 Å². The summed E-state index contributed by atoms with van der Waals surface area (Å²) in [5.41, 5.74) is -0.748. The fraction of sp³-hybridized carbons (Fsp3) is 0.967. The maximum atomic E-state index is 11.7. The summed E-state index contributed by atoms with van der Waals surface area (Å²) in [5.74, 6) is 1.61. The molecule has 0 aromatic heterocycles. The van der Waals surface area contributed by atoms with Crippen LogP contribution in [0.4, 0.5) is 0 Å². The lowest BCUT2D eigenvalue weighted by Crippen LogP contribution is -2.60. The average Bonchev–Trinajstić information content (AvgIpc) is 3.47. The van der Waals surface area contributed by atoms with Crippen LogP contribution in [0.5, 0.6) is 0 Å². The molecule has 37 heavy (non-hydrogen) atoms. The van der Waals surface area contributed by atoms with Gasteiger partial charge in [-0.2, -0.15) is 0 Å². The predicted molar refractivity (Wildman–Crippen MR) is 132 cm³/mol. The van der Waals surface area contributed by atoms with E-state index in [1.165, 1.54) is 13.3 Å². The molecule has 8 aliphatic rings. The lowest BCUT2D eigenvalue weighted by atomic mass is 9.44. The van der Waals surface area contributed by atoms with Crippen molar-refractivity contribution in [1.82, 2.24) is 0 Å². The summed E-state index contributed by atoms with van der Waals surface area (Å²) in [4.78, 5) is 11.7. The fourth-order valence-corrected chi connectivity index (χ4v) is 11.9. The third-order valence-electron chi connectivity index (χ3n) is 13.5. The Bertz CT molecular complexity index is 1040. The van der Waals surface area contributed by atoms with Crippen molar-refractivity contribution in [2.24, 2.45) is 46.3 Å². The molecule has 4 saturated heterocycles. The van der Waals surface area contributed by atoms with Crippen molar-refractivity contribution in [3.05, 3.63) is 0 Å². The van der Waals surface area contributed by atoms with E-state index in [1.807, 2.05) is 0 Å². The quantitative estimate of drug-likeness (QED) is 0.523. The minimum Gasteiger partial charge on any atom is -0.460 e. The number of ether oxygens (including phenoxy) is 5. The minimum atomic E-state index is -0.687. The van der Waals surface area contributed by atoms with Gasteiger partial charge in [0.1, 0.15) is 11.7 Å². The number of aliphatic hydroxyl groups excluding tert-OH is 1. The largest absolute Gasteiger partial charge is 0.460 e. The van der Waals surface area contributed by atoms with Crippen LogP contribution >= 0.6 is 0 Å². The highest BCUT2D eigenvalue weighted by Gasteiger charge is 2.87. The highest BCUT2D eigenvalue weighted by Crippen LogP contribution is 2.80. The Morgan fingerprint density at radius 2 is 1.78 bits per heavy atom. The van der Waals surface area contributed by atoms with Gasteiger partial charge in [0.25, 0.3) is 0 Å². The number of esters is 1. The van der Waals surface area contributed by atoms with Crippen LogP contribution in [0.25, 0.3) is 0 Å². The third kappa shape index (κ3) is 2.61. The number of carbonyl (C=O) groups excluding carboxylic acids is 1. The monoisotopic (exact) mass is 516 g/mol. The number of fused-ring (bicyclic) bond motifs is 7. The number of carbonyl (C=O) groups is 1. The zero-order valence-electron chi connectivity index (χ0n) is 23.2. The van der Waals surface area contributed by atoms with Crippen LogP contribution in [-0.4, -0.2) is 58.8 Å². The first-order valence-corrected chi connectivity index (χ1v) is 14.9. The maximum absolute atomic E-state index is 11.7. The number of hydrogen-bond donors (Lipinski definition) is 1. The summed E-state index contributed by atoms with van der Waals surface area (Å²) in [6.07, 6.45) is 5.80. The Hall–Kier alpha value is -0.730. The lowest BCUT2D eigenvalue weighted by Gasteiger charge is -2.61. The number of aliphatic hydroxyl groups is 1. The Morgan fingerprint density at radius 1 is 1.00 bits per heavy atom. The van der Waals surface area contributed by atoms with Crippen molar-refractivity contribution in [2.45, 2.75) is 134 Å². The summed E-state index contributed by atoms with van der Waals surface area (Å²) in [7, 11) is 0. The molecule has 206 valence electrons. The van der Waals surface area contributed by atoms with Gasteiger partial charge in [-0.05, 0) is 94.3 Å². The van der Waals surface area contributed by atoms with Crippen LogP contribution < -0.4 is 0 Å². The molecule has 0 radical (unpaired) electrons. The second-order valence-electron chi connectivity index (χ2n) is 15.2. The van der Waals surface area contributed by atoms with Gasteiger partial charge in [0, 0.05) is 24.7 Å². The molecule has 0 aromatic carbocycles. The van der Waals surface area contributed by atoms with E-state index in [9.17, 15) is 9.90 Å². The normalized spacial score (nSPS) is 63.9. The van der Waals surface area contributed by atoms with E-state index in [1.54, 1.807) is 0 Å². The third-order valence-corrected chi connectivity index (χ3v) is 13.5. The summed E-state index contributed by atoms with van der Waals surface area (Å²) >= 11 is 0. The highest BCUT2D eigenvalue weighted by atomic mass is 16.8. The van der Waals surface area contributed by atoms with Crippen LogP contribution in [0.1, 0.15) is 86.5 Å². The molecule has 0 aromatic rings. The van der Waals surface area contributed by atoms with E-state index in [-0.39, 0.29) is 47.0 Å². The molecule has 4 aliphatic heterocycles. The molecular formula is C30H44O7. The standard InChI is InChI=1S/C30H44O7/c1-14-11-30(37-26(14,3)4)28(6)24-21(35-30)10-18-17-8-7-16-9-20(33-15(2)31)19(32)12-27(16,5)23(17)22-13-29(18,24)25(34-22)36-28/h14,16-25,32H,7-13H2,1-6H3/t14-,16-,17-,18-,19+,20-,21-,22-,23+,24+,25?,27-,28+,29+,30-/m0/s1. The molecule has 2 bridgehead atoms. The molecule has 8 fully saturated rings. The highest BCUT2D eigenvalue weighted by molar-refractivity contribution is 5.66. The SMILES string of the molecule is CC(=O)O[C@H]1C[C@@H]2CC[C@@H]3[C@H]([C@@H]4C[C@]56C(O4)O[C@]4(C)[C@H]5[C@H](C[C@@H]36)O[C@]43C[C@H](C)C(C)(C)O3)[C@@]2(C)C[C@H]1O. The fourth-order valence-electron chi connectivity index (χ4n) is 11.9. The van der Waals surface area contributed by atoms with Crippen molar-refractivity contribution in [3.8, 4) is 0 Å². The molecule has 4 heterocycles. The molecule has 1 unspecified atom stereocenters. The molecule has 4 saturated carbocycles. The molecule has 0 amide bonds. The summed E-state index contributed by atoms with van der Waals surface area (Å²) in [5, 5.41) is 11.1. The van der Waals surface area contributed by atoms with Gasteiger partial charge < -0.3 is 28.8 Å². The van der Waals surface area contributed by atoms with Gasteiger partial charge in [0.2, 0.25) is 0 Å². The predicted octanol–water partition coefficient (Wildman–Crippen LogP) is 4.19. The number of rotatable bonds is 1. The molecule has 7 nitrogen and oxygen atoms in total. The molecule has 4 aliphatic carbocycles. The van der Waals surface area contributed by atoms with E-state index >= 15 is 0 Å². The van der Waals surface area contributed by atoms with Crippen LogP contribution in [0.2, 0.25) is 0 Å². The van der Waals surface area contributed by atoms with E-state index in [4.69, 9.17) is 23.7 Å². The van der Waals surface area contributed by atoms with Crippen molar-refractivity contribution < 1.29 is 33.6 Å². The minimum absolute atomic E-state index is 0.00480. The zero-order chi connectivity index (χ0) is 25.9. The van der Waals surface area contributed by atoms with Gasteiger partial charge in [-0.1, -0.05) is 13.8 Å². The Morgan fingerprint density at radius 3 is 2.49 bits per heavy atom. The first-order valence-electron chi connectivity index (χ1n) is 14.9. The average molecular weight is 517 g/mol. The molecule has 1 N–H and O–H groups in total. The zero-order valence-corrected chi connectivity index (χ0v) is 23.2. The van der Waals surface area contributed by atoms with Gasteiger partial charge in [-0.3, -0.25) is 4.79 Å². The van der Waals surface area contributed by atoms with Crippen LogP contribution in [0.15, 0.2) is 0 Å². The van der Waals surface area contributed by atoms with Crippen molar-refractivity contribution in [2.75, 3.05) is 0 Å². The Kier molecular flexibility index (Phi) is 4.52. The van der Waals surface area contributed by atoms with Gasteiger partial charge in [-0.25, -0.2) is 0 Å². The van der Waals surface area contributed by atoms with E-state index < -0.39 is 17.5 Å². The van der Waals surface area contributed by atoms with Crippen molar-refractivity contribution in [1.29, 1.82) is 0 Å². The van der Waals surface area contributed by atoms with Gasteiger partial charge in [0.05, 0.1) is 23.9 Å². The van der Waals surface area contributed by atoms with Crippen molar-refractivity contribution in [3.63, 3.8) is 0 Å². The van der Waals surface area contributed by atoms with Gasteiger partial charge in [-0.15, -0.1) is 0 Å². The molecule has 2 spiro atoms. The van der Waals surface area contributed by atoms with Crippen LogP contribution in [-0.2, 0) is 28.5 Å². The Balaban J connectivity index is 1.13. The Labute approximate surface area is 220 Å². The second kappa shape index (κ2) is 6.94. The van der Waals surface area contributed by atoms with Crippen LogP contribution in [0.3, 0.4) is 0 Å². The number of hydrogen-bond acceptors (Lipinski definition) is 7. The molecular weight excluding hydrogens is 472 g/mol. The summed E-state index contributed by atoms with van der Waals surface area (Å²) in [6.45, 7) is 12.7. The summed E-state index contributed by atoms with van der Waals surface area (Å²) < 4.78 is 33.4. The van der Waals surface area contributed by atoms with Crippen LogP contribution in [0, 0.1) is 46.3 Å². The smallest absolute Gasteiger partial charge is 0.302 e. The molecule has 15 atom stereocenters. The van der Waals surface area contributed by atoms with Gasteiger partial charge in [0.15, 0.2) is 12.1 Å². The first kappa shape index (κ1) is 24.1. The molecule has 8 rings (SSSR count). The van der Waals surface area contributed by atoms with E-state index in [0.29, 0.717) is 41.9 Å². The summed E-state index contributed by atoms with van der Waals surface area (Å²) in [6, 6.07) is 0. The first-order chi connectivity index (χ1) is 17.3. The second-order valence-corrected chi connectivity index (χ2v) is 15.2. The topological polar surface area (TPSA) is 83.5 Å². The van der Waals surface area contributed by atoms with E-state index in [2.05, 4.69) is 34.6 Å². The van der Waals surface area contributed by atoms with E-state index in [0.717, 1.165) is 32.1 Å². The maximum Gasteiger partial charge on any atom is 0.302 e. The lowest BCUT2D eigenvalue weighted by molar-refractivity contribution is -0.319. The van der Waals surface area contributed by atoms with Crippen molar-refractivity contribution >= 4 is 5.97 Å². The molecule has 7 heteroatoms.